The minimum Gasteiger partial charge on any atom is -0.395 e. The van der Waals surface area contributed by atoms with E-state index in [1.165, 1.54) is 0 Å². The molecule has 0 aliphatic carbocycles. The van der Waals surface area contributed by atoms with Gasteiger partial charge in [-0.05, 0) is 37.9 Å². The van der Waals surface area contributed by atoms with Gasteiger partial charge in [0.05, 0.1) is 0 Å². The molecule has 0 amide bonds. The van der Waals surface area contributed by atoms with Crippen molar-refractivity contribution in [3.8, 4) is 0 Å². The Hall–Kier alpha value is 0.354. The summed E-state index contributed by atoms with van der Waals surface area (Å²) >= 11 is 0. The Bertz CT molecular complexity index is 68.1. The predicted octanol–water partition coefficient (Wildman–Crippen LogP) is 0.310. The first kappa shape index (κ1) is 13.0. The van der Waals surface area contributed by atoms with Gasteiger partial charge in [0.2, 0.25) is 0 Å². The highest BCUT2D eigenvalue weighted by molar-refractivity contribution is 6.64. The first-order chi connectivity index (χ1) is 4.12. The summed E-state index contributed by atoms with van der Waals surface area (Å²) in [6.45, 7) is 9.62. The third-order valence-corrected chi connectivity index (χ3v) is 2.95. The van der Waals surface area contributed by atoms with Gasteiger partial charge in [0.1, 0.15) is 0 Å². The monoisotopic (exact) mass is 180 g/mol. The van der Waals surface area contributed by atoms with Crippen LogP contribution in [0.25, 0.3) is 0 Å². The summed E-state index contributed by atoms with van der Waals surface area (Å²) in [6.07, 6.45) is 0. The number of rotatable bonds is 4. The average molecular weight is 180 g/mol. The third-order valence-electron chi connectivity index (χ3n) is 0.984. The van der Waals surface area contributed by atoms with Crippen LogP contribution in [0.5, 0.6) is 0 Å². The van der Waals surface area contributed by atoms with Crippen molar-refractivity contribution >= 4 is 19.5 Å². The summed E-state index contributed by atoms with van der Waals surface area (Å²) in [6, 6.07) is 0. The van der Waals surface area contributed by atoms with Gasteiger partial charge in [0.15, 0.2) is 0 Å². The number of hydrogen-bond acceptors (Lipinski definition) is 2. The van der Waals surface area contributed by atoms with Crippen LogP contribution < -0.4 is 0 Å². The van der Waals surface area contributed by atoms with Crippen LogP contribution in [0.15, 0.2) is 0 Å². The molecule has 0 N–H and O–H groups in total. The van der Waals surface area contributed by atoms with Crippen LogP contribution in [0.1, 0.15) is 13.8 Å². The third kappa shape index (κ3) is 6.47. The molecule has 0 aliphatic rings. The second kappa shape index (κ2) is 6.09. The van der Waals surface area contributed by atoms with E-state index in [1.54, 1.807) is 0 Å². The molecule has 10 heavy (non-hydrogen) atoms. The molecule has 0 fully saturated rings. The Morgan fingerprint density at radius 1 is 1.00 bits per heavy atom. The second-order valence-electron chi connectivity index (χ2n) is 2.27. The lowest BCUT2D eigenvalue weighted by atomic mass is 10.9. The second-order valence-corrected chi connectivity index (χ2v) is 5.64. The van der Waals surface area contributed by atoms with Crippen molar-refractivity contribution in [1.29, 1.82) is 0 Å². The van der Waals surface area contributed by atoms with E-state index in [9.17, 15) is 0 Å². The smallest absolute Gasteiger partial charge is 0.331 e. The Morgan fingerprint density at radius 3 is 1.50 bits per heavy atom. The zero-order valence-electron chi connectivity index (χ0n) is 6.73. The summed E-state index contributed by atoms with van der Waals surface area (Å²) in [7, 11) is -1.70. The van der Waals surface area contributed by atoms with Gasteiger partial charge in [-0.15, -0.1) is 0 Å². The zero-order valence-corrected chi connectivity index (χ0v) is 7.73. The van der Waals surface area contributed by atoms with E-state index in [0.29, 0.717) is 0 Å². The molecule has 4 heteroatoms. The minimum atomic E-state index is -1.70. The van der Waals surface area contributed by atoms with E-state index >= 15 is 0 Å². The normalized spacial score (nSPS) is 10.8. The molecule has 0 saturated carbocycles. The van der Waals surface area contributed by atoms with Crippen LogP contribution >= 0.6 is 0 Å². The van der Waals surface area contributed by atoms with E-state index in [2.05, 4.69) is 13.1 Å². The highest BCUT2D eigenvalue weighted by Gasteiger charge is 2.22. The molecule has 0 aromatic carbocycles. The lowest BCUT2D eigenvalue weighted by Crippen LogP contribution is -2.34. The van der Waals surface area contributed by atoms with E-state index in [4.69, 9.17) is 8.85 Å². The summed E-state index contributed by atoms with van der Waals surface area (Å²) in [5.41, 5.74) is 0. The van der Waals surface area contributed by atoms with Gasteiger partial charge in [-0.2, -0.15) is 0 Å². The van der Waals surface area contributed by atoms with Crippen molar-refractivity contribution in [3.63, 3.8) is 0 Å². The molecule has 0 rings (SSSR count). The van der Waals surface area contributed by atoms with E-state index in [1.807, 2.05) is 13.8 Å². The first-order valence-electron chi connectivity index (χ1n) is 3.40. The molecule has 0 radical (unpaired) electrons. The predicted molar refractivity (Wildman–Crippen MR) is 52.1 cm³/mol. The van der Waals surface area contributed by atoms with E-state index in [-0.39, 0.29) is 11.0 Å². The molecule has 2 nitrogen and oxygen atoms in total. The summed E-state index contributed by atoms with van der Waals surface area (Å²) in [4.78, 5) is 0. The highest BCUT2D eigenvalue weighted by Crippen LogP contribution is 2.04. The molecule has 0 aromatic heterocycles. The quantitative estimate of drug-likeness (QED) is 0.580. The Labute approximate surface area is 69.2 Å². The lowest BCUT2D eigenvalue weighted by molar-refractivity contribution is 0.196. The molecule has 0 aliphatic heterocycles. The van der Waals surface area contributed by atoms with Crippen LogP contribution in [0.4, 0.5) is 0 Å². The zero-order chi connectivity index (χ0) is 7.33. The minimum absolute atomic E-state index is 0. The van der Waals surface area contributed by atoms with Gasteiger partial charge in [-0.3, -0.25) is 0 Å². The Kier molecular flexibility index (Phi) is 7.90. The van der Waals surface area contributed by atoms with Crippen LogP contribution in [-0.4, -0.2) is 32.7 Å². The Morgan fingerprint density at radius 2 is 1.30 bits per heavy atom. The lowest BCUT2D eigenvalue weighted by Gasteiger charge is -2.20. The van der Waals surface area contributed by atoms with Gasteiger partial charge < -0.3 is 8.85 Å². The van der Waals surface area contributed by atoms with Crippen molar-refractivity contribution in [3.05, 3.63) is 0 Å². The molecule has 0 bridgehead atoms. The van der Waals surface area contributed by atoms with Crippen LogP contribution in [-0.2, 0) is 8.85 Å². The largest absolute Gasteiger partial charge is 0.395 e. The van der Waals surface area contributed by atoms with Crippen LogP contribution in [0, 0.1) is 0 Å². The SMILES string of the molecule is CCO[Si](C)(C)OCC.[SiH4]. The fourth-order valence-electron chi connectivity index (χ4n) is 0.737. The molecule has 0 heterocycles. The number of hydrogen-bond donors (Lipinski definition) is 0. The summed E-state index contributed by atoms with van der Waals surface area (Å²) < 4.78 is 10.8. The van der Waals surface area contributed by atoms with Crippen LogP contribution in [0.2, 0.25) is 13.1 Å². The molecule has 0 unspecified atom stereocenters. The molecular weight excluding hydrogens is 160 g/mol. The van der Waals surface area contributed by atoms with Crippen molar-refractivity contribution in [2.45, 2.75) is 26.9 Å². The molecular formula is C6H20O2Si2. The van der Waals surface area contributed by atoms with Crippen molar-refractivity contribution < 1.29 is 8.85 Å². The first-order valence-corrected chi connectivity index (χ1v) is 6.22. The van der Waals surface area contributed by atoms with Gasteiger partial charge in [-0.1, -0.05) is 0 Å². The Balaban J connectivity index is 0. The fraction of sp³-hybridized carbons (Fsp3) is 1.00. The molecule has 64 valence electrons. The van der Waals surface area contributed by atoms with Gasteiger partial charge in [-0.25, -0.2) is 0 Å². The maximum atomic E-state index is 5.39. The maximum Gasteiger partial charge on any atom is 0.331 e. The van der Waals surface area contributed by atoms with Crippen LogP contribution in [0.3, 0.4) is 0 Å². The van der Waals surface area contributed by atoms with E-state index < -0.39 is 8.56 Å². The van der Waals surface area contributed by atoms with Crippen molar-refractivity contribution in [1.82, 2.24) is 0 Å². The molecule has 0 spiro atoms. The highest BCUT2D eigenvalue weighted by atomic mass is 28.4. The standard InChI is InChI=1S/C6H16O2Si.H4Si/c1-5-7-9(3,4)8-6-2;/h5-6H2,1-4H3;1H4. The van der Waals surface area contributed by atoms with Crippen molar-refractivity contribution in [2.24, 2.45) is 0 Å². The molecule has 0 saturated heterocycles. The van der Waals surface area contributed by atoms with Gasteiger partial charge >= 0.3 is 8.56 Å². The van der Waals surface area contributed by atoms with Gasteiger partial charge in [0, 0.05) is 13.2 Å². The van der Waals surface area contributed by atoms with E-state index in [0.717, 1.165) is 13.2 Å². The summed E-state index contributed by atoms with van der Waals surface area (Å²) in [5.74, 6) is 0. The van der Waals surface area contributed by atoms with Gasteiger partial charge in [0.25, 0.3) is 0 Å². The van der Waals surface area contributed by atoms with Crippen molar-refractivity contribution in [2.75, 3.05) is 13.2 Å². The maximum absolute atomic E-state index is 5.39. The average Bonchev–Trinajstić information content (AvgIpc) is 1.64. The molecule has 0 atom stereocenters. The molecule has 0 aromatic rings. The topological polar surface area (TPSA) is 18.5 Å². The summed E-state index contributed by atoms with van der Waals surface area (Å²) in [5, 5.41) is 0. The fourth-order valence-corrected chi connectivity index (χ4v) is 2.21.